The highest BCUT2D eigenvalue weighted by Crippen LogP contribution is 2.16. The number of tetrazole rings is 1. The Labute approximate surface area is 148 Å². The highest BCUT2D eigenvalue weighted by atomic mass is 35.5. The van der Waals surface area contributed by atoms with Gasteiger partial charge in [-0.05, 0) is 46.7 Å². The fraction of sp³-hybridized carbons (Fsp3) is 0.176. The van der Waals surface area contributed by atoms with Gasteiger partial charge in [-0.25, -0.2) is 4.79 Å². The highest BCUT2D eigenvalue weighted by molar-refractivity contribution is 6.32. The molecule has 3 rings (SSSR count). The zero-order chi connectivity index (χ0) is 17.8. The number of halogens is 1. The van der Waals surface area contributed by atoms with Crippen LogP contribution >= 0.6 is 11.6 Å². The number of hydrogen-bond donors (Lipinski definition) is 1. The molecule has 1 heterocycles. The number of benzene rings is 2. The van der Waals surface area contributed by atoms with Gasteiger partial charge in [0.15, 0.2) is 0 Å². The van der Waals surface area contributed by atoms with E-state index in [2.05, 4.69) is 22.7 Å². The number of anilines is 1. The van der Waals surface area contributed by atoms with Crippen molar-refractivity contribution in [3.8, 4) is 5.69 Å². The van der Waals surface area contributed by atoms with Crippen LogP contribution in [0.1, 0.15) is 12.5 Å². The van der Waals surface area contributed by atoms with Gasteiger partial charge < -0.3 is 5.32 Å². The van der Waals surface area contributed by atoms with Gasteiger partial charge in [-0.3, -0.25) is 4.79 Å². The summed E-state index contributed by atoms with van der Waals surface area (Å²) in [4.78, 5) is 24.5. The Morgan fingerprint density at radius 2 is 1.84 bits per heavy atom. The normalized spacial score (nSPS) is 10.6. The molecule has 0 fully saturated rings. The average molecular weight is 358 g/mol. The Kier molecular flexibility index (Phi) is 4.95. The number of rotatable bonds is 5. The van der Waals surface area contributed by atoms with Crippen molar-refractivity contribution in [2.75, 3.05) is 5.32 Å². The third kappa shape index (κ3) is 3.77. The van der Waals surface area contributed by atoms with E-state index in [4.69, 9.17) is 11.6 Å². The first-order valence-electron chi connectivity index (χ1n) is 7.75. The van der Waals surface area contributed by atoms with Crippen LogP contribution < -0.4 is 11.0 Å². The SMILES string of the molecule is CCc1ccc(NC(=O)Cn2nnn(-c3ccccc3Cl)c2=O)cc1. The summed E-state index contributed by atoms with van der Waals surface area (Å²) in [5.41, 5.74) is 1.71. The largest absolute Gasteiger partial charge is 0.369 e. The van der Waals surface area contributed by atoms with Crippen LogP contribution in [0.25, 0.3) is 5.69 Å². The molecular weight excluding hydrogens is 342 g/mol. The molecule has 0 atom stereocenters. The van der Waals surface area contributed by atoms with Crippen LogP contribution in [0.4, 0.5) is 5.69 Å². The maximum Gasteiger partial charge on any atom is 0.369 e. The Morgan fingerprint density at radius 1 is 1.12 bits per heavy atom. The maximum absolute atomic E-state index is 12.4. The van der Waals surface area contributed by atoms with Gasteiger partial charge in [0.2, 0.25) is 5.91 Å². The first kappa shape index (κ1) is 16.9. The van der Waals surface area contributed by atoms with Crippen molar-refractivity contribution in [2.45, 2.75) is 19.9 Å². The molecule has 7 nitrogen and oxygen atoms in total. The van der Waals surface area contributed by atoms with Crippen molar-refractivity contribution in [3.05, 3.63) is 69.6 Å². The topological polar surface area (TPSA) is 81.8 Å². The zero-order valence-electron chi connectivity index (χ0n) is 13.5. The van der Waals surface area contributed by atoms with E-state index in [1.165, 1.54) is 5.56 Å². The lowest BCUT2D eigenvalue weighted by molar-refractivity contribution is -0.117. The number of nitrogens with zero attached hydrogens (tertiary/aromatic N) is 4. The van der Waals surface area contributed by atoms with Gasteiger partial charge in [0.05, 0.1) is 10.7 Å². The average Bonchev–Trinajstić information content (AvgIpc) is 2.96. The summed E-state index contributed by atoms with van der Waals surface area (Å²) in [6, 6.07) is 14.3. The number of carbonyl (C=O) groups excluding carboxylic acids is 1. The fourth-order valence-corrected chi connectivity index (χ4v) is 2.52. The lowest BCUT2D eigenvalue weighted by Crippen LogP contribution is -2.29. The Bertz CT molecular complexity index is 946. The van der Waals surface area contributed by atoms with Gasteiger partial charge >= 0.3 is 5.69 Å². The van der Waals surface area contributed by atoms with E-state index in [9.17, 15) is 9.59 Å². The monoisotopic (exact) mass is 357 g/mol. The van der Waals surface area contributed by atoms with Gasteiger partial charge in [-0.15, -0.1) is 0 Å². The fourth-order valence-electron chi connectivity index (χ4n) is 2.31. The van der Waals surface area contributed by atoms with Crippen LogP contribution in [-0.2, 0) is 17.8 Å². The molecule has 1 N–H and O–H groups in total. The van der Waals surface area contributed by atoms with E-state index in [1.54, 1.807) is 24.3 Å². The van der Waals surface area contributed by atoms with Crippen LogP contribution in [0.3, 0.4) is 0 Å². The standard InChI is InChI=1S/C17H16ClN5O2/c1-2-12-7-9-13(10-8-12)19-16(24)11-22-17(25)23(21-20-22)15-6-4-3-5-14(15)18/h3-10H,2,11H2,1H3,(H,19,24). The van der Waals surface area contributed by atoms with Crippen molar-refractivity contribution in [1.29, 1.82) is 0 Å². The van der Waals surface area contributed by atoms with E-state index >= 15 is 0 Å². The van der Waals surface area contributed by atoms with Crippen LogP contribution in [-0.4, -0.2) is 25.7 Å². The molecule has 0 saturated heterocycles. The Balaban J connectivity index is 1.74. The van der Waals surface area contributed by atoms with Gasteiger partial charge in [0.25, 0.3) is 0 Å². The van der Waals surface area contributed by atoms with Gasteiger partial charge in [0, 0.05) is 5.69 Å². The summed E-state index contributed by atoms with van der Waals surface area (Å²) in [5.74, 6) is -0.363. The third-order valence-electron chi connectivity index (χ3n) is 3.66. The minimum atomic E-state index is -0.537. The molecule has 1 aromatic heterocycles. The number of aryl methyl sites for hydroxylation is 1. The third-order valence-corrected chi connectivity index (χ3v) is 3.98. The number of aromatic nitrogens is 4. The van der Waals surface area contributed by atoms with E-state index in [-0.39, 0.29) is 12.5 Å². The van der Waals surface area contributed by atoms with Crippen LogP contribution in [0.5, 0.6) is 0 Å². The molecule has 2 aromatic carbocycles. The van der Waals surface area contributed by atoms with Crippen LogP contribution in [0.15, 0.2) is 53.3 Å². The second kappa shape index (κ2) is 7.31. The number of carbonyl (C=O) groups is 1. The summed E-state index contributed by atoms with van der Waals surface area (Å²) in [7, 11) is 0. The molecule has 3 aromatic rings. The number of hydrogen-bond acceptors (Lipinski definition) is 4. The summed E-state index contributed by atoms with van der Waals surface area (Å²) in [6.07, 6.45) is 0.925. The first-order valence-corrected chi connectivity index (χ1v) is 8.13. The van der Waals surface area contributed by atoms with E-state index in [0.29, 0.717) is 16.4 Å². The summed E-state index contributed by atoms with van der Waals surface area (Å²) in [5, 5.41) is 10.6. The minimum Gasteiger partial charge on any atom is -0.324 e. The van der Waals surface area contributed by atoms with E-state index < -0.39 is 5.69 Å². The number of para-hydroxylation sites is 1. The Hall–Kier alpha value is -2.93. The molecule has 0 unspecified atom stereocenters. The predicted molar refractivity (Wildman–Crippen MR) is 95.1 cm³/mol. The lowest BCUT2D eigenvalue weighted by atomic mass is 10.1. The van der Waals surface area contributed by atoms with Gasteiger partial charge in [-0.2, -0.15) is 9.36 Å². The summed E-state index contributed by atoms with van der Waals surface area (Å²) >= 11 is 6.06. The summed E-state index contributed by atoms with van der Waals surface area (Å²) < 4.78 is 2.05. The van der Waals surface area contributed by atoms with E-state index in [1.807, 2.05) is 24.3 Å². The van der Waals surface area contributed by atoms with Crippen molar-refractivity contribution in [2.24, 2.45) is 0 Å². The van der Waals surface area contributed by atoms with Crippen molar-refractivity contribution >= 4 is 23.2 Å². The Morgan fingerprint density at radius 3 is 2.52 bits per heavy atom. The molecular formula is C17H16ClN5O2. The van der Waals surface area contributed by atoms with Crippen LogP contribution in [0.2, 0.25) is 5.02 Å². The first-order chi connectivity index (χ1) is 12.1. The second-order valence-electron chi connectivity index (χ2n) is 5.38. The van der Waals surface area contributed by atoms with Crippen molar-refractivity contribution in [1.82, 2.24) is 19.8 Å². The molecule has 0 aliphatic carbocycles. The highest BCUT2D eigenvalue weighted by Gasteiger charge is 2.14. The predicted octanol–water partition coefficient (Wildman–Crippen LogP) is 2.28. The maximum atomic E-state index is 12.4. The van der Waals surface area contributed by atoms with Crippen molar-refractivity contribution < 1.29 is 4.79 Å². The quantitative estimate of drug-likeness (QED) is 0.759. The number of amides is 1. The smallest absolute Gasteiger partial charge is 0.324 e. The van der Waals surface area contributed by atoms with Gasteiger partial charge in [-0.1, -0.05) is 42.8 Å². The molecule has 0 radical (unpaired) electrons. The van der Waals surface area contributed by atoms with Crippen LogP contribution in [0, 0.1) is 0 Å². The molecule has 0 aliphatic heterocycles. The van der Waals surface area contributed by atoms with Crippen molar-refractivity contribution in [3.63, 3.8) is 0 Å². The lowest BCUT2D eigenvalue weighted by Gasteiger charge is -2.05. The molecule has 128 valence electrons. The second-order valence-corrected chi connectivity index (χ2v) is 5.79. The molecule has 25 heavy (non-hydrogen) atoms. The zero-order valence-corrected chi connectivity index (χ0v) is 14.3. The molecule has 0 aliphatic rings. The van der Waals surface area contributed by atoms with E-state index in [0.717, 1.165) is 15.8 Å². The molecule has 0 bridgehead atoms. The minimum absolute atomic E-state index is 0.237. The molecule has 0 spiro atoms. The summed E-state index contributed by atoms with van der Waals surface area (Å²) in [6.45, 7) is 1.82. The molecule has 0 saturated carbocycles. The molecule has 8 heteroatoms. The van der Waals surface area contributed by atoms with Gasteiger partial charge in [0.1, 0.15) is 6.54 Å². The number of nitrogens with one attached hydrogen (secondary N) is 1. The molecule has 1 amide bonds.